The van der Waals surface area contributed by atoms with Crippen LogP contribution in [-0.2, 0) is 14.3 Å². The maximum atomic E-state index is 12.8. The van der Waals surface area contributed by atoms with Crippen LogP contribution < -0.4 is 15.0 Å². The predicted octanol–water partition coefficient (Wildman–Crippen LogP) is 3.18. The Morgan fingerprint density at radius 1 is 1.31 bits per heavy atom. The molecule has 1 fully saturated rings. The van der Waals surface area contributed by atoms with Gasteiger partial charge in [-0.05, 0) is 36.4 Å². The summed E-state index contributed by atoms with van der Waals surface area (Å²) in [6, 6.07) is 10.8. The molecule has 11 heteroatoms. The van der Waals surface area contributed by atoms with Crippen LogP contribution in [0.15, 0.2) is 53.6 Å². The standard InChI is InChI=1S/C25H23N5O5S/c1-29(23(32)8-3-15-9-10-26-18-5-7-22(34-2)28-24(15)18)12-17-13-30(25(33)35-17)16-4-6-20-19(11-16)27-21(31)14-36-20/h3-11,17H,12-14H2,1-2H3,(H,27,31). The van der Waals surface area contributed by atoms with E-state index in [2.05, 4.69) is 15.3 Å². The Hall–Kier alpha value is -4.12. The number of nitrogens with one attached hydrogen (secondary N) is 1. The number of pyridine rings is 2. The van der Waals surface area contributed by atoms with Crippen LogP contribution >= 0.6 is 11.8 Å². The third kappa shape index (κ3) is 4.82. The largest absolute Gasteiger partial charge is 0.481 e. The molecule has 1 unspecified atom stereocenters. The average Bonchev–Trinajstić information content (AvgIpc) is 3.25. The predicted molar refractivity (Wildman–Crippen MR) is 136 cm³/mol. The molecule has 0 radical (unpaired) electrons. The van der Waals surface area contributed by atoms with E-state index in [1.54, 1.807) is 37.5 Å². The number of ether oxygens (including phenoxy) is 2. The second-order valence-corrected chi connectivity index (χ2v) is 9.32. The van der Waals surface area contributed by atoms with Crippen molar-refractivity contribution in [2.75, 3.05) is 43.2 Å². The minimum absolute atomic E-state index is 0.0746. The van der Waals surface area contributed by atoms with E-state index < -0.39 is 12.2 Å². The summed E-state index contributed by atoms with van der Waals surface area (Å²) < 4.78 is 10.7. The minimum Gasteiger partial charge on any atom is -0.481 e. The van der Waals surface area contributed by atoms with Gasteiger partial charge in [0.05, 0.1) is 42.7 Å². The summed E-state index contributed by atoms with van der Waals surface area (Å²) in [6.45, 7) is 0.519. The van der Waals surface area contributed by atoms with Gasteiger partial charge in [0.15, 0.2) is 0 Å². The lowest BCUT2D eigenvalue weighted by Crippen LogP contribution is -2.35. The molecule has 0 saturated carbocycles. The molecule has 3 amide bonds. The molecule has 0 bridgehead atoms. The van der Waals surface area contributed by atoms with E-state index in [1.165, 1.54) is 34.7 Å². The van der Waals surface area contributed by atoms with Gasteiger partial charge >= 0.3 is 6.09 Å². The normalized spacial score (nSPS) is 17.2. The van der Waals surface area contributed by atoms with Crippen LogP contribution in [0.4, 0.5) is 16.2 Å². The molecule has 1 atom stereocenters. The highest BCUT2D eigenvalue weighted by Gasteiger charge is 2.34. The quantitative estimate of drug-likeness (QED) is 0.508. The third-order valence-corrected chi connectivity index (χ3v) is 6.91. The number of amides is 3. The molecule has 5 rings (SSSR count). The zero-order valence-corrected chi connectivity index (χ0v) is 20.4. The lowest BCUT2D eigenvalue weighted by molar-refractivity contribution is -0.125. The molecule has 0 aliphatic carbocycles. The summed E-state index contributed by atoms with van der Waals surface area (Å²) in [5, 5.41) is 2.83. The van der Waals surface area contributed by atoms with Crippen molar-refractivity contribution in [2.45, 2.75) is 11.0 Å². The van der Waals surface area contributed by atoms with Crippen molar-refractivity contribution in [1.82, 2.24) is 14.9 Å². The van der Waals surface area contributed by atoms with Gasteiger partial charge in [-0.15, -0.1) is 11.8 Å². The molecule has 0 spiro atoms. The van der Waals surface area contributed by atoms with Crippen molar-refractivity contribution < 1.29 is 23.9 Å². The van der Waals surface area contributed by atoms with E-state index in [4.69, 9.17) is 9.47 Å². The Kier molecular flexibility index (Phi) is 6.47. The minimum atomic E-state index is -0.493. The van der Waals surface area contributed by atoms with Gasteiger partial charge in [0, 0.05) is 41.5 Å². The van der Waals surface area contributed by atoms with E-state index in [1.807, 2.05) is 18.2 Å². The van der Waals surface area contributed by atoms with Crippen LogP contribution in [0, 0.1) is 0 Å². The number of thioether (sulfide) groups is 1. The number of carbonyl (C=O) groups excluding carboxylic acids is 3. The van der Waals surface area contributed by atoms with E-state index in [0.717, 1.165) is 10.5 Å². The first kappa shape index (κ1) is 23.6. The molecule has 36 heavy (non-hydrogen) atoms. The lowest BCUT2D eigenvalue weighted by atomic mass is 10.2. The number of hydrogen-bond acceptors (Lipinski definition) is 8. The van der Waals surface area contributed by atoms with E-state index in [-0.39, 0.29) is 18.4 Å². The maximum Gasteiger partial charge on any atom is 0.414 e. The summed E-state index contributed by atoms with van der Waals surface area (Å²) in [5.41, 5.74) is 3.36. The SMILES string of the molecule is COc1ccc2nccc(C=CC(=O)N(C)CC3CN(c4ccc5c(c4)NC(=O)CS5)C(=O)O3)c2n1. The molecular formula is C25H23N5O5S. The van der Waals surface area contributed by atoms with Gasteiger partial charge < -0.3 is 19.7 Å². The molecule has 1 aromatic carbocycles. The van der Waals surface area contributed by atoms with Gasteiger partial charge in [0.25, 0.3) is 0 Å². The number of methoxy groups -OCH3 is 1. The molecule has 2 aliphatic heterocycles. The van der Waals surface area contributed by atoms with Gasteiger partial charge in [-0.3, -0.25) is 19.5 Å². The van der Waals surface area contributed by atoms with Crippen molar-refractivity contribution >= 4 is 58.2 Å². The number of benzene rings is 1. The second kappa shape index (κ2) is 9.86. The van der Waals surface area contributed by atoms with Crippen molar-refractivity contribution in [2.24, 2.45) is 0 Å². The summed E-state index contributed by atoms with van der Waals surface area (Å²) in [4.78, 5) is 49.7. The van der Waals surface area contributed by atoms with Crippen LogP contribution in [0.5, 0.6) is 5.88 Å². The molecule has 2 aliphatic rings. The van der Waals surface area contributed by atoms with E-state index in [0.29, 0.717) is 40.6 Å². The number of anilines is 2. The summed E-state index contributed by atoms with van der Waals surface area (Å²) >= 11 is 1.46. The molecule has 2 aromatic heterocycles. The van der Waals surface area contributed by atoms with Crippen LogP contribution in [-0.4, -0.2) is 71.9 Å². The molecule has 1 N–H and O–H groups in total. The van der Waals surface area contributed by atoms with Crippen LogP contribution in [0.2, 0.25) is 0 Å². The zero-order chi connectivity index (χ0) is 25.2. The van der Waals surface area contributed by atoms with E-state index in [9.17, 15) is 14.4 Å². The van der Waals surface area contributed by atoms with Crippen molar-refractivity contribution in [3.63, 3.8) is 0 Å². The summed E-state index contributed by atoms with van der Waals surface area (Å²) in [6.07, 6.45) is 3.81. The molecule has 4 heterocycles. The number of hydrogen-bond donors (Lipinski definition) is 1. The van der Waals surface area contributed by atoms with Crippen LogP contribution in [0.25, 0.3) is 17.1 Å². The van der Waals surface area contributed by atoms with Gasteiger partial charge in [-0.2, -0.15) is 0 Å². The van der Waals surface area contributed by atoms with Gasteiger partial charge in [0.1, 0.15) is 6.10 Å². The molecule has 3 aromatic rings. The maximum absolute atomic E-state index is 12.8. The fourth-order valence-corrected chi connectivity index (χ4v) is 4.81. The first-order valence-electron chi connectivity index (χ1n) is 11.2. The Morgan fingerprint density at radius 3 is 3.00 bits per heavy atom. The van der Waals surface area contributed by atoms with Crippen molar-refractivity contribution in [3.8, 4) is 5.88 Å². The van der Waals surface area contributed by atoms with Crippen LogP contribution in [0.3, 0.4) is 0 Å². The van der Waals surface area contributed by atoms with E-state index >= 15 is 0 Å². The van der Waals surface area contributed by atoms with Gasteiger partial charge in [-0.1, -0.05) is 0 Å². The first-order chi connectivity index (χ1) is 17.4. The number of likely N-dealkylation sites (N-methyl/N-ethyl adjacent to an activating group) is 1. The first-order valence-corrected chi connectivity index (χ1v) is 12.2. The second-order valence-electron chi connectivity index (χ2n) is 8.31. The van der Waals surface area contributed by atoms with Crippen LogP contribution in [0.1, 0.15) is 5.56 Å². The fraction of sp³-hybridized carbons (Fsp3) is 0.240. The monoisotopic (exact) mass is 505 g/mol. The Morgan fingerprint density at radius 2 is 2.17 bits per heavy atom. The number of fused-ring (bicyclic) bond motifs is 2. The molecule has 184 valence electrons. The fourth-order valence-electron chi connectivity index (χ4n) is 4.03. The number of cyclic esters (lactones) is 1. The van der Waals surface area contributed by atoms with Crippen molar-refractivity contribution in [3.05, 3.63) is 54.2 Å². The Labute approximate surface area is 211 Å². The highest BCUT2D eigenvalue weighted by Crippen LogP contribution is 2.35. The highest BCUT2D eigenvalue weighted by atomic mass is 32.2. The molecule has 1 saturated heterocycles. The molecular weight excluding hydrogens is 482 g/mol. The van der Waals surface area contributed by atoms with Gasteiger partial charge in [0.2, 0.25) is 17.7 Å². The summed E-state index contributed by atoms with van der Waals surface area (Å²) in [7, 11) is 3.19. The average molecular weight is 506 g/mol. The summed E-state index contributed by atoms with van der Waals surface area (Å²) in [5.74, 6) is 0.512. The molecule has 10 nitrogen and oxygen atoms in total. The highest BCUT2D eigenvalue weighted by molar-refractivity contribution is 8.00. The third-order valence-electron chi connectivity index (χ3n) is 5.84. The smallest absolute Gasteiger partial charge is 0.414 e. The Bertz CT molecular complexity index is 1390. The van der Waals surface area contributed by atoms with Crippen molar-refractivity contribution in [1.29, 1.82) is 0 Å². The number of aromatic nitrogens is 2. The lowest BCUT2D eigenvalue weighted by Gasteiger charge is -2.20. The number of nitrogens with zero attached hydrogens (tertiary/aromatic N) is 4. The topological polar surface area (TPSA) is 114 Å². The number of carbonyl (C=O) groups is 3. The Balaban J connectivity index is 1.24. The number of rotatable bonds is 6. The van der Waals surface area contributed by atoms with Gasteiger partial charge in [-0.25, -0.2) is 9.78 Å². The zero-order valence-electron chi connectivity index (χ0n) is 19.6.